The Hall–Kier alpha value is -4.13. The van der Waals surface area contributed by atoms with Gasteiger partial charge in [0.15, 0.2) is 0 Å². The van der Waals surface area contributed by atoms with Crippen molar-refractivity contribution in [2.24, 2.45) is 0 Å². The third-order valence-electron chi connectivity index (χ3n) is 5.76. The molecule has 1 unspecified atom stereocenters. The van der Waals surface area contributed by atoms with Gasteiger partial charge in [0.25, 0.3) is 5.91 Å². The first-order valence-corrected chi connectivity index (χ1v) is 10.9. The van der Waals surface area contributed by atoms with E-state index >= 15 is 0 Å². The van der Waals surface area contributed by atoms with Gasteiger partial charge < -0.3 is 19.8 Å². The van der Waals surface area contributed by atoms with Crippen molar-refractivity contribution in [3.8, 4) is 5.75 Å². The molecule has 1 atom stereocenters. The van der Waals surface area contributed by atoms with Crippen molar-refractivity contribution in [3.63, 3.8) is 0 Å². The highest BCUT2D eigenvalue weighted by atomic mass is 16.5. The van der Waals surface area contributed by atoms with Gasteiger partial charge in [0.1, 0.15) is 18.0 Å². The van der Waals surface area contributed by atoms with E-state index in [4.69, 9.17) is 4.74 Å². The van der Waals surface area contributed by atoms with Crippen molar-refractivity contribution in [1.29, 1.82) is 0 Å². The molecule has 2 N–H and O–H groups in total. The minimum absolute atomic E-state index is 0.0250. The highest BCUT2D eigenvalue weighted by Crippen LogP contribution is 2.33. The fourth-order valence-electron chi connectivity index (χ4n) is 4.10. The Labute approximate surface area is 191 Å². The fourth-order valence-corrected chi connectivity index (χ4v) is 4.10. The number of carbonyl (C=O) groups excluding carboxylic acids is 2. The molecule has 3 heterocycles. The second-order valence-corrected chi connectivity index (χ2v) is 8.19. The predicted molar refractivity (Wildman–Crippen MR) is 125 cm³/mol. The number of carbonyl (C=O) groups is 2. The zero-order valence-electron chi connectivity index (χ0n) is 18.2. The number of hydrogen-bond acceptors (Lipinski definition) is 4. The van der Waals surface area contributed by atoms with Gasteiger partial charge in [-0.15, -0.1) is 0 Å². The molecule has 5 rings (SSSR count). The number of aromatic nitrogens is 2. The van der Waals surface area contributed by atoms with E-state index in [2.05, 4.69) is 15.6 Å². The van der Waals surface area contributed by atoms with Gasteiger partial charge >= 0.3 is 0 Å². The first-order valence-electron chi connectivity index (χ1n) is 10.9. The number of amides is 2. The summed E-state index contributed by atoms with van der Waals surface area (Å²) in [6.45, 7) is 2.74. The predicted octanol–water partition coefficient (Wildman–Crippen LogP) is 4.08. The number of benzene rings is 2. The molecule has 0 bridgehead atoms. The number of ether oxygens (including phenoxy) is 1. The molecule has 0 saturated heterocycles. The molecule has 1 aliphatic rings. The van der Waals surface area contributed by atoms with Crippen molar-refractivity contribution < 1.29 is 14.3 Å². The molecule has 33 heavy (non-hydrogen) atoms. The number of hydrogen-bond donors (Lipinski definition) is 2. The molecule has 0 saturated carbocycles. The Morgan fingerprint density at radius 2 is 2.00 bits per heavy atom. The minimum atomic E-state index is -0.245. The van der Waals surface area contributed by atoms with Crippen LogP contribution in [0.1, 0.15) is 39.5 Å². The van der Waals surface area contributed by atoms with E-state index in [0.29, 0.717) is 30.9 Å². The van der Waals surface area contributed by atoms with Crippen LogP contribution in [0.5, 0.6) is 5.75 Å². The van der Waals surface area contributed by atoms with Gasteiger partial charge in [-0.3, -0.25) is 9.59 Å². The van der Waals surface area contributed by atoms with E-state index in [1.807, 2.05) is 66.2 Å². The zero-order valence-corrected chi connectivity index (χ0v) is 18.2. The van der Waals surface area contributed by atoms with Crippen LogP contribution >= 0.6 is 0 Å². The number of nitrogens with one attached hydrogen (secondary N) is 2. The number of pyridine rings is 1. The lowest BCUT2D eigenvalue weighted by Crippen LogP contribution is -2.27. The van der Waals surface area contributed by atoms with Crippen LogP contribution in [0.4, 0.5) is 5.69 Å². The van der Waals surface area contributed by atoms with Gasteiger partial charge in [-0.25, -0.2) is 4.98 Å². The first-order chi connectivity index (χ1) is 16.1. The molecule has 0 fully saturated rings. The average Bonchev–Trinajstić information content (AvgIpc) is 3.37. The summed E-state index contributed by atoms with van der Waals surface area (Å²) < 4.78 is 7.85. The largest absolute Gasteiger partial charge is 0.487 e. The van der Waals surface area contributed by atoms with E-state index < -0.39 is 0 Å². The lowest BCUT2D eigenvalue weighted by atomic mass is 9.97. The first kappa shape index (κ1) is 20.8. The summed E-state index contributed by atoms with van der Waals surface area (Å²) in [6, 6.07) is 18.7. The van der Waals surface area contributed by atoms with Crippen molar-refractivity contribution in [1.82, 2.24) is 14.7 Å². The topological polar surface area (TPSA) is 84.7 Å². The van der Waals surface area contributed by atoms with E-state index in [1.54, 1.807) is 18.2 Å². The van der Waals surface area contributed by atoms with Crippen molar-refractivity contribution >= 4 is 23.1 Å². The zero-order chi connectivity index (χ0) is 22.8. The van der Waals surface area contributed by atoms with Gasteiger partial charge in [0, 0.05) is 30.2 Å². The van der Waals surface area contributed by atoms with Crippen LogP contribution in [0, 0.1) is 6.92 Å². The number of anilines is 1. The Balaban J connectivity index is 1.17. The SMILES string of the molecule is Cc1ccc2nc(COc3cccc(C(=O)NCCC4C(=O)Nc5ccccc54)c3)cn2c1. The monoisotopic (exact) mass is 440 g/mol. The van der Waals surface area contributed by atoms with Crippen LogP contribution in [-0.4, -0.2) is 27.7 Å². The molecule has 0 radical (unpaired) electrons. The highest BCUT2D eigenvalue weighted by molar-refractivity contribution is 6.02. The van der Waals surface area contributed by atoms with Crippen LogP contribution in [0.25, 0.3) is 5.65 Å². The van der Waals surface area contributed by atoms with Gasteiger partial charge in [-0.05, 0) is 54.8 Å². The normalized spacial score (nSPS) is 14.7. The standard InChI is InChI=1S/C26H24N4O3/c1-17-9-10-24-28-19(15-30(24)14-17)16-33-20-6-4-5-18(13-20)25(31)27-12-11-22-21-7-2-3-8-23(21)29-26(22)32/h2-10,13-15,22H,11-12,16H2,1H3,(H,27,31)(H,29,32). The number of fused-ring (bicyclic) bond motifs is 2. The Morgan fingerprint density at radius 1 is 1.12 bits per heavy atom. The smallest absolute Gasteiger partial charge is 0.251 e. The summed E-state index contributed by atoms with van der Waals surface area (Å²) in [5.41, 5.74) is 5.17. The van der Waals surface area contributed by atoms with Gasteiger partial charge in [0.05, 0.1) is 11.6 Å². The summed E-state index contributed by atoms with van der Waals surface area (Å²) >= 11 is 0. The van der Waals surface area contributed by atoms with E-state index in [9.17, 15) is 9.59 Å². The quantitative estimate of drug-likeness (QED) is 0.454. The maximum absolute atomic E-state index is 12.6. The molecule has 2 aromatic carbocycles. The van der Waals surface area contributed by atoms with Crippen molar-refractivity contribution in [2.45, 2.75) is 25.9 Å². The molecular formula is C26H24N4O3. The Morgan fingerprint density at radius 3 is 2.91 bits per heavy atom. The lowest BCUT2D eigenvalue weighted by Gasteiger charge is -2.11. The molecule has 1 aliphatic heterocycles. The van der Waals surface area contributed by atoms with E-state index in [-0.39, 0.29) is 17.7 Å². The number of para-hydroxylation sites is 1. The maximum Gasteiger partial charge on any atom is 0.251 e. The van der Waals surface area contributed by atoms with Crippen LogP contribution in [0.15, 0.2) is 73.1 Å². The lowest BCUT2D eigenvalue weighted by molar-refractivity contribution is -0.117. The summed E-state index contributed by atoms with van der Waals surface area (Å²) in [6.07, 6.45) is 4.50. The minimum Gasteiger partial charge on any atom is -0.487 e. The summed E-state index contributed by atoms with van der Waals surface area (Å²) in [7, 11) is 0. The molecule has 7 heteroatoms. The Bertz CT molecular complexity index is 1340. The van der Waals surface area contributed by atoms with Crippen LogP contribution in [0.2, 0.25) is 0 Å². The number of aryl methyl sites for hydroxylation is 1. The third-order valence-corrected chi connectivity index (χ3v) is 5.76. The number of rotatable bonds is 7. The second kappa shape index (κ2) is 8.78. The average molecular weight is 441 g/mol. The number of imidazole rings is 1. The molecule has 4 aromatic rings. The van der Waals surface area contributed by atoms with Crippen molar-refractivity contribution in [3.05, 3.63) is 95.4 Å². The summed E-state index contributed by atoms with van der Waals surface area (Å²) in [4.78, 5) is 29.4. The van der Waals surface area contributed by atoms with Crippen LogP contribution in [0.3, 0.4) is 0 Å². The van der Waals surface area contributed by atoms with Gasteiger partial charge in [-0.1, -0.05) is 30.3 Å². The van der Waals surface area contributed by atoms with Crippen LogP contribution in [-0.2, 0) is 11.4 Å². The number of nitrogens with zero attached hydrogens (tertiary/aromatic N) is 2. The molecule has 2 aromatic heterocycles. The summed E-state index contributed by atoms with van der Waals surface area (Å²) in [5.74, 6) is 0.128. The van der Waals surface area contributed by atoms with E-state index in [0.717, 1.165) is 28.2 Å². The van der Waals surface area contributed by atoms with Crippen molar-refractivity contribution in [2.75, 3.05) is 11.9 Å². The van der Waals surface area contributed by atoms with E-state index in [1.165, 1.54) is 0 Å². The molecule has 0 aliphatic carbocycles. The Kier molecular flexibility index (Phi) is 5.52. The molecular weight excluding hydrogens is 416 g/mol. The van der Waals surface area contributed by atoms with Gasteiger partial charge in [0.2, 0.25) is 5.91 Å². The fraction of sp³-hybridized carbons (Fsp3) is 0.192. The summed E-state index contributed by atoms with van der Waals surface area (Å²) in [5, 5.41) is 5.80. The molecule has 166 valence electrons. The molecule has 0 spiro atoms. The molecule has 7 nitrogen and oxygen atoms in total. The second-order valence-electron chi connectivity index (χ2n) is 8.19. The van der Waals surface area contributed by atoms with Crippen LogP contribution < -0.4 is 15.4 Å². The molecule has 2 amide bonds. The maximum atomic E-state index is 12.6. The van der Waals surface area contributed by atoms with Gasteiger partial charge in [-0.2, -0.15) is 0 Å². The highest BCUT2D eigenvalue weighted by Gasteiger charge is 2.29. The third kappa shape index (κ3) is 4.43.